The van der Waals surface area contributed by atoms with Crippen molar-refractivity contribution in [3.63, 3.8) is 0 Å². The van der Waals surface area contributed by atoms with E-state index < -0.39 is 52.3 Å². The fourth-order valence-electron chi connectivity index (χ4n) is 5.69. The maximum absolute atomic E-state index is 13.9. The number of carbonyl (C=O) groups excluding carboxylic acids is 3. The van der Waals surface area contributed by atoms with Gasteiger partial charge in [0.05, 0.1) is 34.7 Å². The zero-order valence-electron chi connectivity index (χ0n) is 19.4. The zero-order chi connectivity index (χ0) is 26.0. The molecule has 3 aliphatic rings. The van der Waals surface area contributed by atoms with E-state index in [0.29, 0.717) is 5.56 Å². The first-order chi connectivity index (χ1) is 17.8. The molecule has 2 amide bonds. The molecule has 0 spiro atoms. The Morgan fingerprint density at radius 3 is 2.41 bits per heavy atom. The number of carbonyl (C=O) groups is 3. The predicted octanol–water partition coefficient (Wildman–Crippen LogP) is 3.80. The molecule has 0 aliphatic carbocycles. The van der Waals surface area contributed by atoms with Gasteiger partial charge in [-0.05, 0) is 53.9 Å². The highest BCUT2D eigenvalue weighted by atomic mass is 19.1. The number of rotatable bonds is 4. The van der Waals surface area contributed by atoms with Gasteiger partial charge in [0.1, 0.15) is 11.9 Å². The standard InChI is InChI=1S/C27H19FN4O5/c1-14-12-18(32(36)37)10-11-20(14)30-26(34)21-22(27(30)35)24(25(33)15-6-8-17(28)9-7-15)31-23(21)19-5-3-2-4-16(19)13-29-31/h2-13,21-24H,1H3. The predicted molar refractivity (Wildman–Crippen MR) is 130 cm³/mol. The summed E-state index contributed by atoms with van der Waals surface area (Å²) < 4.78 is 13.6. The monoisotopic (exact) mass is 498 g/mol. The minimum absolute atomic E-state index is 0.161. The van der Waals surface area contributed by atoms with Gasteiger partial charge in [-0.1, -0.05) is 24.3 Å². The van der Waals surface area contributed by atoms with Gasteiger partial charge in [-0.15, -0.1) is 0 Å². The number of fused-ring (bicyclic) bond motifs is 5. The normalized spacial score (nSPS) is 23.6. The van der Waals surface area contributed by atoms with E-state index >= 15 is 0 Å². The number of aryl methyl sites for hydroxylation is 1. The van der Waals surface area contributed by atoms with Gasteiger partial charge in [0, 0.05) is 17.7 Å². The van der Waals surface area contributed by atoms with Crippen molar-refractivity contribution >= 4 is 35.2 Å². The molecule has 2 fully saturated rings. The lowest BCUT2D eigenvalue weighted by atomic mass is 9.83. The summed E-state index contributed by atoms with van der Waals surface area (Å²) in [6, 6.07) is 14.5. The quantitative estimate of drug-likeness (QED) is 0.234. The number of nitro benzene ring substituents is 1. The summed E-state index contributed by atoms with van der Waals surface area (Å²) in [6.45, 7) is 1.59. The van der Waals surface area contributed by atoms with Crippen molar-refractivity contribution < 1.29 is 23.7 Å². The molecule has 9 nitrogen and oxygen atoms in total. The van der Waals surface area contributed by atoms with E-state index in [0.717, 1.165) is 16.0 Å². The van der Waals surface area contributed by atoms with Crippen LogP contribution in [0.25, 0.3) is 0 Å². The largest absolute Gasteiger partial charge is 0.292 e. The van der Waals surface area contributed by atoms with Gasteiger partial charge < -0.3 is 0 Å². The summed E-state index contributed by atoms with van der Waals surface area (Å²) in [5, 5.41) is 17.2. The number of Topliss-reactive ketones (excluding diaryl/α,β-unsaturated/α-hetero) is 1. The van der Waals surface area contributed by atoms with Gasteiger partial charge in [0.2, 0.25) is 11.8 Å². The van der Waals surface area contributed by atoms with Crippen molar-refractivity contribution in [3.05, 3.63) is 105 Å². The molecule has 3 aliphatic heterocycles. The molecule has 0 N–H and O–H groups in total. The molecule has 0 bridgehead atoms. The van der Waals surface area contributed by atoms with Crippen molar-refractivity contribution in [2.24, 2.45) is 16.9 Å². The second kappa shape index (κ2) is 8.16. The summed E-state index contributed by atoms with van der Waals surface area (Å²) in [5.74, 6) is -3.98. The number of anilines is 1. The summed E-state index contributed by atoms with van der Waals surface area (Å²) in [6.07, 6.45) is 1.60. The molecule has 6 rings (SSSR count). The second-order valence-corrected chi connectivity index (χ2v) is 9.31. The highest BCUT2D eigenvalue weighted by molar-refractivity contribution is 6.25. The first-order valence-corrected chi connectivity index (χ1v) is 11.6. The number of nitrogens with zero attached hydrogens (tertiary/aromatic N) is 4. The molecule has 0 aromatic heterocycles. The molecule has 4 atom stereocenters. The fourth-order valence-corrected chi connectivity index (χ4v) is 5.69. The van der Waals surface area contributed by atoms with Gasteiger partial charge in [-0.3, -0.25) is 29.5 Å². The molecule has 3 heterocycles. The Balaban J connectivity index is 1.49. The number of hydrogen-bond acceptors (Lipinski definition) is 7. The second-order valence-electron chi connectivity index (χ2n) is 9.31. The molecule has 4 unspecified atom stereocenters. The van der Waals surface area contributed by atoms with Crippen LogP contribution in [0.5, 0.6) is 0 Å². The molecule has 0 saturated carbocycles. The van der Waals surface area contributed by atoms with E-state index in [9.17, 15) is 28.9 Å². The van der Waals surface area contributed by atoms with Crippen LogP contribution in [0, 0.1) is 34.7 Å². The third kappa shape index (κ3) is 3.29. The summed E-state index contributed by atoms with van der Waals surface area (Å²) in [7, 11) is 0. The average molecular weight is 498 g/mol. The topological polar surface area (TPSA) is 113 Å². The van der Waals surface area contributed by atoms with Crippen molar-refractivity contribution in [1.29, 1.82) is 0 Å². The summed E-state index contributed by atoms with van der Waals surface area (Å²) >= 11 is 0. The van der Waals surface area contributed by atoms with Crippen molar-refractivity contribution in [2.75, 3.05) is 4.90 Å². The van der Waals surface area contributed by atoms with Crippen LogP contribution in [0.15, 0.2) is 71.8 Å². The molecule has 0 radical (unpaired) electrons. The molecule has 184 valence electrons. The highest BCUT2D eigenvalue weighted by Crippen LogP contribution is 2.53. The lowest BCUT2D eigenvalue weighted by Gasteiger charge is -2.34. The van der Waals surface area contributed by atoms with Crippen LogP contribution in [0.3, 0.4) is 0 Å². The molecular weight excluding hydrogens is 479 g/mol. The number of non-ortho nitro benzene ring substituents is 1. The zero-order valence-corrected chi connectivity index (χ0v) is 19.4. The van der Waals surface area contributed by atoms with Crippen LogP contribution in [0.1, 0.15) is 33.1 Å². The van der Waals surface area contributed by atoms with E-state index in [2.05, 4.69) is 5.10 Å². The van der Waals surface area contributed by atoms with E-state index in [1.54, 1.807) is 13.1 Å². The number of halogens is 1. The van der Waals surface area contributed by atoms with Crippen LogP contribution in [-0.4, -0.2) is 39.8 Å². The van der Waals surface area contributed by atoms with Crippen molar-refractivity contribution in [2.45, 2.75) is 19.0 Å². The number of ketones is 1. The van der Waals surface area contributed by atoms with E-state index in [4.69, 9.17) is 0 Å². The number of benzene rings is 3. The van der Waals surface area contributed by atoms with Crippen LogP contribution < -0.4 is 4.90 Å². The molecule has 3 aromatic rings. The Hall–Kier alpha value is -4.73. The van der Waals surface area contributed by atoms with Crippen molar-refractivity contribution in [3.8, 4) is 0 Å². The van der Waals surface area contributed by atoms with E-state index in [1.165, 1.54) is 47.5 Å². The van der Waals surface area contributed by atoms with Gasteiger partial charge in [-0.25, -0.2) is 9.29 Å². The number of nitro groups is 1. The molecule has 10 heteroatoms. The lowest BCUT2D eigenvalue weighted by molar-refractivity contribution is -0.384. The fraction of sp³-hybridized carbons (Fsp3) is 0.185. The third-order valence-electron chi connectivity index (χ3n) is 7.32. The Labute approximate surface area is 210 Å². The Morgan fingerprint density at radius 2 is 1.70 bits per heavy atom. The molecule has 2 saturated heterocycles. The van der Waals surface area contributed by atoms with Crippen molar-refractivity contribution in [1.82, 2.24) is 5.01 Å². The number of amides is 2. The Bertz CT molecular complexity index is 1540. The van der Waals surface area contributed by atoms with E-state index in [1.807, 2.05) is 24.3 Å². The third-order valence-corrected chi connectivity index (χ3v) is 7.32. The van der Waals surface area contributed by atoms with Gasteiger partial charge in [0.15, 0.2) is 5.78 Å². The Morgan fingerprint density at radius 1 is 1.00 bits per heavy atom. The van der Waals surface area contributed by atoms with Gasteiger partial charge >= 0.3 is 0 Å². The number of hydrogen-bond donors (Lipinski definition) is 0. The van der Waals surface area contributed by atoms with Crippen LogP contribution in [-0.2, 0) is 9.59 Å². The molecule has 37 heavy (non-hydrogen) atoms. The summed E-state index contributed by atoms with van der Waals surface area (Å²) in [5.41, 5.74) is 2.21. The van der Waals surface area contributed by atoms with Crippen LogP contribution in [0.4, 0.5) is 15.8 Å². The van der Waals surface area contributed by atoms with Gasteiger partial charge in [-0.2, -0.15) is 5.10 Å². The minimum Gasteiger partial charge on any atom is -0.292 e. The highest BCUT2D eigenvalue weighted by Gasteiger charge is 2.65. The maximum atomic E-state index is 13.9. The number of imide groups is 1. The molecular formula is C27H19FN4O5. The lowest BCUT2D eigenvalue weighted by Crippen LogP contribution is -2.44. The summed E-state index contributed by atoms with van der Waals surface area (Å²) in [4.78, 5) is 53.3. The maximum Gasteiger partial charge on any atom is 0.269 e. The SMILES string of the molecule is Cc1cc([N+](=O)[O-])ccc1N1C(=O)C2C(C1=O)C1c3ccccc3C=NN1C2C(=O)c1ccc(F)cc1. The average Bonchev–Trinajstić information content (AvgIpc) is 3.36. The first-order valence-electron chi connectivity index (χ1n) is 11.6. The first kappa shape index (κ1) is 22.7. The Kier molecular flexibility index (Phi) is 5.01. The van der Waals surface area contributed by atoms with Gasteiger partial charge in [0.25, 0.3) is 5.69 Å². The number of hydrazone groups is 1. The molecule has 3 aromatic carbocycles. The smallest absolute Gasteiger partial charge is 0.269 e. The van der Waals surface area contributed by atoms with E-state index in [-0.39, 0.29) is 16.9 Å². The minimum atomic E-state index is -1.09. The van der Waals surface area contributed by atoms with Crippen LogP contribution in [0.2, 0.25) is 0 Å². The van der Waals surface area contributed by atoms with Crippen LogP contribution >= 0.6 is 0 Å².